The largest absolute Gasteiger partial charge is 0.396 e. The molecule has 0 radical (unpaired) electrons. The van der Waals surface area contributed by atoms with Gasteiger partial charge in [0.05, 0.1) is 0 Å². The number of aliphatic hydroxyl groups is 1. The second-order valence-electron chi connectivity index (χ2n) is 6.96. The lowest BCUT2D eigenvalue weighted by atomic mass is 10.1. The molecule has 0 saturated carbocycles. The Morgan fingerprint density at radius 3 is 1.83 bits per heavy atom. The summed E-state index contributed by atoms with van der Waals surface area (Å²) < 4.78 is 0. The summed E-state index contributed by atoms with van der Waals surface area (Å²) in [6.07, 6.45) is 25.9. The monoisotopic (exact) mass is 337 g/mol. The van der Waals surface area contributed by atoms with Gasteiger partial charge in [-0.25, -0.2) is 0 Å². The van der Waals surface area contributed by atoms with Crippen LogP contribution < -0.4 is 0 Å². The number of unbranched alkanes of at least 4 members (excludes halogenated alkanes) is 9. The lowest BCUT2D eigenvalue weighted by molar-refractivity contribution is 0.245. The van der Waals surface area contributed by atoms with Crippen LogP contribution in [0.5, 0.6) is 0 Å². The first-order chi connectivity index (χ1) is 11.8. The highest BCUT2D eigenvalue weighted by Gasteiger charge is 1.97. The molecule has 0 rings (SSSR count). The fraction of sp³-hybridized carbons (Fsp3) is 0.818. The maximum atomic E-state index is 8.79. The van der Waals surface area contributed by atoms with Crippen molar-refractivity contribution in [3.05, 3.63) is 24.3 Å². The second kappa shape index (κ2) is 20.4. The van der Waals surface area contributed by atoms with Crippen molar-refractivity contribution in [3.63, 3.8) is 0 Å². The molecule has 0 aliphatic carbocycles. The van der Waals surface area contributed by atoms with Gasteiger partial charge in [0.25, 0.3) is 0 Å². The minimum absolute atomic E-state index is 0.314. The fourth-order valence-corrected chi connectivity index (χ4v) is 2.82. The quantitative estimate of drug-likeness (QED) is 0.241. The van der Waals surface area contributed by atoms with Crippen LogP contribution in [0, 0.1) is 0 Å². The Morgan fingerprint density at radius 1 is 0.667 bits per heavy atom. The van der Waals surface area contributed by atoms with E-state index >= 15 is 0 Å². The smallest absolute Gasteiger partial charge is 0.0443 e. The molecule has 0 fully saturated rings. The van der Waals surface area contributed by atoms with E-state index in [0.29, 0.717) is 6.61 Å². The van der Waals surface area contributed by atoms with E-state index in [4.69, 9.17) is 5.11 Å². The first kappa shape index (κ1) is 23.4. The number of nitrogens with zero attached hydrogens (tertiary/aromatic N) is 1. The zero-order valence-electron chi connectivity index (χ0n) is 16.5. The second-order valence-corrected chi connectivity index (χ2v) is 6.96. The van der Waals surface area contributed by atoms with E-state index in [-0.39, 0.29) is 0 Å². The third kappa shape index (κ3) is 19.4. The number of hydrogen-bond donors (Lipinski definition) is 1. The molecule has 2 heteroatoms. The Morgan fingerprint density at radius 2 is 1.21 bits per heavy atom. The highest BCUT2D eigenvalue weighted by atomic mass is 16.3. The highest BCUT2D eigenvalue weighted by molar-refractivity contribution is 4.92. The van der Waals surface area contributed by atoms with Crippen molar-refractivity contribution in [2.75, 3.05) is 26.7 Å². The van der Waals surface area contributed by atoms with Gasteiger partial charge in [0.15, 0.2) is 0 Å². The molecule has 142 valence electrons. The molecule has 0 bridgehead atoms. The van der Waals surface area contributed by atoms with E-state index in [9.17, 15) is 0 Å². The molecule has 0 unspecified atom stereocenters. The summed E-state index contributed by atoms with van der Waals surface area (Å²) in [7, 11) is 2.16. The molecule has 0 amide bonds. The molecule has 0 aromatic carbocycles. The highest BCUT2D eigenvalue weighted by Crippen LogP contribution is 2.08. The van der Waals surface area contributed by atoms with Crippen LogP contribution in [-0.4, -0.2) is 36.8 Å². The SMILES string of the molecule is CCCCC/C=C\C/C=C\CCCCCCCCN(C)CCCO. The van der Waals surface area contributed by atoms with Crippen LogP contribution in [0.15, 0.2) is 24.3 Å². The van der Waals surface area contributed by atoms with Gasteiger partial charge < -0.3 is 10.0 Å². The van der Waals surface area contributed by atoms with Gasteiger partial charge in [-0.2, -0.15) is 0 Å². The summed E-state index contributed by atoms with van der Waals surface area (Å²) in [5, 5.41) is 8.79. The van der Waals surface area contributed by atoms with Gasteiger partial charge in [0, 0.05) is 13.2 Å². The Bertz CT molecular complexity index is 286. The fourth-order valence-electron chi connectivity index (χ4n) is 2.82. The minimum Gasteiger partial charge on any atom is -0.396 e. The molecule has 0 aromatic heterocycles. The Balaban J connectivity index is 3.20. The van der Waals surface area contributed by atoms with Crippen molar-refractivity contribution in [1.82, 2.24) is 4.90 Å². The van der Waals surface area contributed by atoms with Crippen molar-refractivity contribution in [1.29, 1.82) is 0 Å². The molecule has 2 nitrogen and oxygen atoms in total. The molecule has 0 spiro atoms. The third-order valence-electron chi connectivity index (χ3n) is 4.44. The number of aliphatic hydroxyl groups excluding tert-OH is 1. The van der Waals surface area contributed by atoms with Gasteiger partial charge in [-0.15, -0.1) is 0 Å². The first-order valence-electron chi connectivity index (χ1n) is 10.4. The van der Waals surface area contributed by atoms with Gasteiger partial charge >= 0.3 is 0 Å². The standard InChI is InChI=1S/C22H43NO/c1-3-4-5-6-7-8-9-10-11-12-13-14-15-16-17-18-20-23(2)21-19-22-24/h7-8,10-11,24H,3-6,9,12-22H2,1-2H3/b8-7-,11-10-. The number of hydrogen-bond acceptors (Lipinski definition) is 2. The zero-order valence-corrected chi connectivity index (χ0v) is 16.5. The number of rotatable bonds is 18. The van der Waals surface area contributed by atoms with E-state index in [2.05, 4.69) is 43.2 Å². The molecule has 0 aliphatic rings. The van der Waals surface area contributed by atoms with Crippen LogP contribution in [0.1, 0.15) is 90.4 Å². The molecule has 0 atom stereocenters. The lowest BCUT2D eigenvalue weighted by Crippen LogP contribution is -2.21. The van der Waals surface area contributed by atoms with Crippen LogP contribution >= 0.6 is 0 Å². The van der Waals surface area contributed by atoms with E-state index in [1.165, 1.54) is 77.2 Å². The minimum atomic E-state index is 0.314. The normalized spacial score (nSPS) is 12.2. The van der Waals surface area contributed by atoms with Crippen LogP contribution in [0.25, 0.3) is 0 Å². The van der Waals surface area contributed by atoms with E-state index in [0.717, 1.165) is 19.4 Å². The van der Waals surface area contributed by atoms with Gasteiger partial charge in [0.1, 0.15) is 0 Å². The molecular weight excluding hydrogens is 294 g/mol. The third-order valence-corrected chi connectivity index (χ3v) is 4.44. The number of allylic oxidation sites excluding steroid dienone is 4. The predicted octanol–water partition coefficient (Wildman–Crippen LogP) is 6.11. The molecule has 24 heavy (non-hydrogen) atoms. The summed E-state index contributed by atoms with van der Waals surface area (Å²) >= 11 is 0. The molecule has 0 aliphatic heterocycles. The van der Waals surface area contributed by atoms with E-state index in [1.54, 1.807) is 0 Å². The maximum Gasteiger partial charge on any atom is 0.0443 e. The van der Waals surface area contributed by atoms with Crippen LogP contribution in [0.4, 0.5) is 0 Å². The average Bonchev–Trinajstić information content (AvgIpc) is 2.59. The molecule has 1 N–H and O–H groups in total. The molecular formula is C22H43NO. The average molecular weight is 338 g/mol. The van der Waals surface area contributed by atoms with Crippen molar-refractivity contribution in [2.24, 2.45) is 0 Å². The Hall–Kier alpha value is -0.600. The van der Waals surface area contributed by atoms with Gasteiger partial charge in [-0.1, -0.05) is 69.8 Å². The summed E-state index contributed by atoms with van der Waals surface area (Å²) in [4.78, 5) is 2.33. The predicted molar refractivity (Wildman–Crippen MR) is 109 cm³/mol. The summed E-state index contributed by atoms with van der Waals surface area (Å²) in [6.45, 7) is 4.77. The molecule has 0 saturated heterocycles. The van der Waals surface area contributed by atoms with Crippen LogP contribution in [0.3, 0.4) is 0 Å². The Labute approximate surface area is 152 Å². The van der Waals surface area contributed by atoms with Gasteiger partial charge in [-0.3, -0.25) is 0 Å². The van der Waals surface area contributed by atoms with Crippen molar-refractivity contribution in [3.8, 4) is 0 Å². The first-order valence-corrected chi connectivity index (χ1v) is 10.4. The summed E-state index contributed by atoms with van der Waals surface area (Å²) in [5.41, 5.74) is 0. The molecule has 0 aromatic rings. The summed E-state index contributed by atoms with van der Waals surface area (Å²) in [6, 6.07) is 0. The van der Waals surface area contributed by atoms with Gasteiger partial charge in [-0.05, 0) is 58.5 Å². The lowest BCUT2D eigenvalue weighted by Gasteiger charge is -2.15. The van der Waals surface area contributed by atoms with Crippen LogP contribution in [0.2, 0.25) is 0 Å². The zero-order chi connectivity index (χ0) is 17.7. The maximum absolute atomic E-state index is 8.79. The van der Waals surface area contributed by atoms with Crippen molar-refractivity contribution >= 4 is 0 Å². The van der Waals surface area contributed by atoms with Crippen molar-refractivity contribution < 1.29 is 5.11 Å². The van der Waals surface area contributed by atoms with Crippen LogP contribution in [-0.2, 0) is 0 Å². The van der Waals surface area contributed by atoms with Crippen molar-refractivity contribution in [2.45, 2.75) is 90.4 Å². The van der Waals surface area contributed by atoms with Gasteiger partial charge in [0.2, 0.25) is 0 Å². The topological polar surface area (TPSA) is 23.5 Å². The van der Waals surface area contributed by atoms with E-state index in [1.807, 2.05) is 0 Å². The molecule has 0 heterocycles. The summed E-state index contributed by atoms with van der Waals surface area (Å²) in [5.74, 6) is 0. The van der Waals surface area contributed by atoms with E-state index < -0.39 is 0 Å². The Kier molecular flexibility index (Phi) is 19.9.